The van der Waals surface area contributed by atoms with Gasteiger partial charge in [-0.15, -0.1) is 0 Å². The van der Waals surface area contributed by atoms with E-state index in [4.69, 9.17) is 9.84 Å². The summed E-state index contributed by atoms with van der Waals surface area (Å²) in [5, 5.41) is 8.86. The first-order chi connectivity index (χ1) is 6.56. The summed E-state index contributed by atoms with van der Waals surface area (Å²) in [5.74, 6) is -0.489. The van der Waals surface area contributed by atoms with Gasteiger partial charge in [-0.05, 0) is 13.8 Å². The summed E-state index contributed by atoms with van der Waals surface area (Å²) in [6.45, 7) is 3.59. The molecule has 0 amide bonds. The Morgan fingerprint density at radius 3 is 2.21 bits per heavy atom. The maximum Gasteiger partial charge on any atom is 0.339 e. The Bertz CT molecular complexity index is 340. The van der Waals surface area contributed by atoms with Crippen molar-refractivity contribution in [2.45, 2.75) is 20.5 Å². The van der Waals surface area contributed by atoms with Crippen molar-refractivity contribution in [1.29, 1.82) is 0 Å². The maximum absolute atomic E-state index is 10.8. The van der Waals surface area contributed by atoms with Crippen LogP contribution in [0.2, 0.25) is 0 Å². The van der Waals surface area contributed by atoms with Gasteiger partial charge in [-0.3, -0.25) is 0 Å². The van der Waals surface area contributed by atoms with E-state index in [9.17, 15) is 4.79 Å². The molecule has 0 atom stereocenters. The SMILES string of the molecule is COCc1nc(C)c(C(=O)O)c(C)n1. The number of carboxylic acids is 1. The smallest absolute Gasteiger partial charge is 0.339 e. The normalized spacial score (nSPS) is 10.2. The Morgan fingerprint density at radius 2 is 1.86 bits per heavy atom. The fourth-order valence-electron chi connectivity index (χ4n) is 1.29. The van der Waals surface area contributed by atoms with Gasteiger partial charge in [-0.1, -0.05) is 0 Å². The number of methoxy groups -OCH3 is 1. The van der Waals surface area contributed by atoms with Gasteiger partial charge in [0.25, 0.3) is 0 Å². The highest BCUT2D eigenvalue weighted by atomic mass is 16.5. The van der Waals surface area contributed by atoms with E-state index in [-0.39, 0.29) is 5.56 Å². The number of carbonyl (C=O) groups is 1. The number of ether oxygens (including phenoxy) is 1. The molecule has 1 N–H and O–H groups in total. The van der Waals surface area contributed by atoms with Crippen molar-refractivity contribution >= 4 is 5.97 Å². The van der Waals surface area contributed by atoms with Gasteiger partial charge in [0.15, 0.2) is 5.82 Å². The van der Waals surface area contributed by atoms with Gasteiger partial charge in [-0.2, -0.15) is 0 Å². The molecule has 0 spiro atoms. The van der Waals surface area contributed by atoms with Crippen LogP contribution in [0.25, 0.3) is 0 Å². The Balaban J connectivity index is 3.18. The van der Waals surface area contributed by atoms with Crippen LogP contribution in [-0.4, -0.2) is 28.2 Å². The van der Waals surface area contributed by atoms with Crippen molar-refractivity contribution in [3.05, 3.63) is 22.8 Å². The second kappa shape index (κ2) is 4.15. The van der Waals surface area contributed by atoms with Gasteiger partial charge >= 0.3 is 5.97 Å². The molecule has 1 aromatic rings. The molecular formula is C9H12N2O3. The maximum atomic E-state index is 10.8. The topological polar surface area (TPSA) is 72.3 Å². The third-order valence-corrected chi connectivity index (χ3v) is 1.80. The molecule has 0 bridgehead atoms. The molecule has 0 saturated carbocycles. The standard InChI is InChI=1S/C9H12N2O3/c1-5-8(9(12)13)6(2)11-7(10-5)4-14-3/h4H2,1-3H3,(H,12,13). The monoisotopic (exact) mass is 196 g/mol. The Hall–Kier alpha value is -1.49. The molecular weight excluding hydrogens is 184 g/mol. The second-order valence-corrected chi connectivity index (χ2v) is 2.92. The molecule has 14 heavy (non-hydrogen) atoms. The summed E-state index contributed by atoms with van der Waals surface area (Å²) in [4.78, 5) is 18.9. The van der Waals surface area contributed by atoms with Crippen LogP contribution in [-0.2, 0) is 11.3 Å². The molecule has 1 rings (SSSR count). The number of nitrogens with zero attached hydrogens (tertiary/aromatic N) is 2. The number of rotatable bonds is 3. The largest absolute Gasteiger partial charge is 0.478 e. The Kier molecular flexibility index (Phi) is 3.14. The fourth-order valence-corrected chi connectivity index (χ4v) is 1.29. The fraction of sp³-hybridized carbons (Fsp3) is 0.444. The molecule has 1 aromatic heterocycles. The van der Waals surface area contributed by atoms with E-state index >= 15 is 0 Å². The predicted molar refractivity (Wildman–Crippen MR) is 49.2 cm³/mol. The molecule has 0 aliphatic heterocycles. The van der Waals surface area contributed by atoms with Crippen LogP contribution >= 0.6 is 0 Å². The summed E-state index contributed by atoms with van der Waals surface area (Å²) < 4.78 is 4.87. The molecule has 0 aliphatic carbocycles. The van der Waals surface area contributed by atoms with Gasteiger partial charge < -0.3 is 9.84 Å². The van der Waals surface area contributed by atoms with Crippen molar-refractivity contribution < 1.29 is 14.6 Å². The van der Waals surface area contributed by atoms with Crippen molar-refractivity contribution in [3.63, 3.8) is 0 Å². The van der Waals surface area contributed by atoms with E-state index in [0.717, 1.165) is 0 Å². The molecule has 0 unspecified atom stereocenters. The van der Waals surface area contributed by atoms with E-state index in [1.165, 1.54) is 0 Å². The molecule has 0 aromatic carbocycles. The minimum atomic E-state index is -0.996. The minimum absolute atomic E-state index is 0.171. The summed E-state index contributed by atoms with van der Waals surface area (Å²) >= 11 is 0. The van der Waals surface area contributed by atoms with E-state index in [2.05, 4.69) is 9.97 Å². The van der Waals surface area contributed by atoms with Gasteiger partial charge in [0.05, 0.1) is 11.4 Å². The zero-order chi connectivity index (χ0) is 10.7. The molecule has 0 aliphatic rings. The number of aryl methyl sites for hydroxylation is 2. The van der Waals surface area contributed by atoms with Crippen LogP contribution in [0.1, 0.15) is 27.6 Å². The molecule has 5 heteroatoms. The summed E-state index contributed by atoms with van der Waals surface area (Å²) in [6, 6.07) is 0. The van der Waals surface area contributed by atoms with Crippen molar-refractivity contribution in [2.75, 3.05) is 7.11 Å². The average Bonchev–Trinajstić information content (AvgIpc) is 2.01. The lowest BCUT2D eigenvalue weighted by molar-refractivity contribution is 0.0693. The Labute approximate surface area is 81.8 Å². The number of aromatic nitrogens is 2. The van der Waals surface area contributed by atoms with Crippen LogP contribution in [0.5, 0.6) is 0 Å². The quantitative estimate of drug-likeness (QED) is 0.778. The minimum Gasteiger partial charge on any atom is -0.478 e. The number of aromatic carboxylic acids is 1. The lowest BCUT2D eigenvalue weighted by atomic mass is 10.2. The van der Waals surface area contributed by atoms with Gasteiger partial charge in [0.2, 0.25) is 0 Å². The first-order valence-corrected chi connectivity index (χ1v) is 4.12. The zero-order valence-corrected chi connectivity index (χ0v) is 8.37. The Morgan fingerprint density at radius 1 is 1.36 bits per heavy atom. The van der Waals surface area contributed by atoms with E-state index < -0.39 is 5.97 Å². The van der Waals surface area contributed by atoms with E-state index in [1.807, 2.05) is 0 Å². The van der Waals surface area contributed by atoms with Crippen LogP contribution in [0.4, 0.5) is 0 Å². The predicted octanol–water partition coefficient (Wildman–Crippen LogP) is 0.938. The molecule has 5 nitrogen and oxygen atoms in total. The second-order valence-electron chi connectivity index (χ2n) is 2.92. The van der Waals surface area contributed by atoms with Gasteiger partial charge in [0.1, 0.15) is 12.2 Å². The third-order valence-electron chi connectivity index (χ3n) is 1.80. The van der Waals surface area contributed by atoms with Crippen LogP contribution in [0, 0.1) is 13.8 Å². The van der Waals surface area contributed by atoms with Crippen LogP contribution in [0.3, 0.4) is 0 Å². The highest BCUT2D eigenvalue weighted by Gasteiger charge is 2.14. The third kappa shape index (κ3) is 2.05. The van der Waals surface area contributed by atoms with E-state index in [1.54, 1.807) is 21.0 Å². The van der Waals surface area contributed by atoms with Crippen molar-refractivity contribution in [2.24, 2.45) is 0 Å². The lowest BCUT2D eigenvalue weighted by Crippen LogP contribution is -2.10. The van der Waals surface area contributed by atoms with Gasteiger partial charge in [-0.25, -0.2) is 14.8 Å². The van der Waals surface area contributed by atoms with Crippen LogP contribution in [0.15, 0.2) is 0 Å². The summed E-state index contributed by atoms with van der Waals surface area (Å²) in [5.41, 5.74) is 1.11. The summed E-state index contributed by atoms with van der Waals surface area (Å²) in [6.07, 6.45) is 0. The number of hydrogen-bond acceptors (Lipinski definition) is 4. The highest BCUT2D eigenvalue weighted by molar-refractivity contribution is 5.89. The van der Waals surface area contributed by atoms with Crippen LogP contribution < -0.4 is 0 Å². The molecule has 76 valence electrons. The van der Waals surface area contributed by atoms with Gasteiger partial charge in [0, 0.05) is 7.11 Å². The van der Waals surface area contributed by atoms with E-state index in [0.29, 0.717) is 23.8 Å². The first-order valence-electron chi connectivity index (χ1n) is 4.12. The molecule has 0 saturated heterocycles. The average molecular weight is 196 g/mol. The molecule has 0 fully saturated rings. The molecule has 0 radical (unpaired) electrons. The first kappa shape index (κ1) is 10.6. The van der Waals surface area contributed by atoms with Crippen molar-refractivity contribution in [1.82, 2.24) is 9.97 Å². The van der Waals surface area contributed by atoms with Crippen molar-refractivity contribution in [3.8, 4) is 0 Å². The number of hydrogen-bond donors (Lipinski definition) is 1. The molecule has 1 heterocycles. The lowest BCUT2D eigenvalue weighted by Gasteiger charge is -2.06. The highest BCUT2D eigenvalue weighted by Crippen LogP contribution is 2.10. The zero-order valence-electron chi connectivity index (χ0n) is 8.37. The number of carboxylic acid groups (broad SMARTS) is 1. The summed E-state index contributed by atoms with van der Waals surface area (Å²) in [7, 11) is 1.54.